The molecule has 1 aromatic heterocycles. The second-order valence-electron chi connectivity index (χ2n) is 8.79. The Morgan fingerprint density at radius 2 is 1.91 bits per heavy atom. The van der Waals surface area contributed by atoms with E-state index in [1.165, 1.54) is 22.5 Å². The number of aliphatic hydroxyl groups excluding tert-OH is 1. The minimum Gasteiger partial charge on any atom is -0.390 e. The van der Waals surface area contributed by atoms with Crippen molar-refractivity contribution in [1.82, 2.24) is 15.5 Å². The third-order valence-electron chi connectivity index (χ3n) is 6.57. The van der Waals surface area contributed by atoms with Gasteiger partial charge in [-0.25, -0.2) is 4.79 Å². The van der Waals surface area contributed by atoms with E-state index in [9.17, 15) is 14.7 Å². The molecule has 2 aliphatic heterocycles. The van der Waals surface area contributed by atoms with Crippen LogP contribution >= 0.6 is 23.7 Å². The van der Waals surface area contributed by atoms with E-state index in [2.05, 4.69) is 28.7 Å². The number of thiophene rings is 1. The number of aliphatic hydroxyl groups is 1. The Morgan fingerprint density at radius 1 is 1.17 bits per heavy atom. The van der Waals surface area contributed by atoms with Crippen molar-refractivity contribution in [2.75, 3.05) is 13.1 Å². The van der Waals surface area contributed by atoms with Crippen LogP contribution in [-0.2, 0) is 30.7 Å². The van der Waals surface area contributed by atoms with E-state index >= 15 is 0 Å². The van der Waals surface area contributed by atoms with Crippen molar-refractivity contribution < 1.29 is 14.7 Å². The molecule has 0 aliphatic carbocycles. The van der Waals surface area contributed by atoms with Gasteiger partial charge in [0.05, 0.1) is 11.0 Å². The molecule has 0 radical (unpaired) electrons. The summed E-state index contributed by atoms with van der Waals surface area (Å²) >= 11 is 1.41. The molecule has 3 aromatic rings. The lowest BCUT2D eigenvalue weighted by Gasteiger charge is -2.29. The number of hydrogen-bond acceptors (Lipinski definition) is 6. The van der Waals surface area contributed by atoms with Crippen molar-refractivity contribution in [2.45, 2.75) is 38.1 Å². The molecular weight excluding hydrogens is 482 g/mol. The molecule has 182 valence electrons. The number of carbonyl (C=O) groups is 1. The van der Waals surface area contributed by atoms with Gasteiger partial charge in [-0.2, -0.15) is 0 Å². The number of rotatable bonds is 6. The highest BCUT2D eigenvalue weighted by Gasteiger charge is 2.28. The van der Waals surface area contributed by atoms with Gasteiger partial charge in [0.2, 0.25) is 0 Å². The van der Waals surface area contributed by atoms with Crippen molar-refractivity contribution in [3.63, 3.8) is 0 Å². The Balaban J connectivity index is 0.00000289. The number of halogens is 1. The predicted molar refractivity (Wildman–Crippen MR) is 140 cm³/mol. The smallest absolute Gasteiger partial charge is 0.261 e. The molecule has 2 atom stereocenters. The largest absolute Gasteiger partial charge is 0.390 e. The summed E-state index contributed by atoms with van der Waals surface area (Å²) in [5.74, 6) is 1.88. The van der Waals surface area contributed by atoms with Crippen LogP contribution in [0.2, 0.25) is 0 Å². The summed E-state index contributed by atoms with van der Waals surface area (Å²) < 4.78 is 0. The molecule has 3 heterocycles. The van der Waals surface area contributed by atoms with Crippen LogP contribution in [0.5, 0.6) is 0 Å². The molecule has 0 fully saturated rings. The second kappa shape index (κ2) is 11.2. The molecule has 8 heteroatoms. The minimum absolute atomic E-state index is 0. The third kappa shape index (κ3) is 5.50. The number of nitrogens with zero attached hydrogens (tertiary/aromatic N) is 1. The van der Waals surface area contributed by atoms with Crippen LogP contribution < -0.4 is 10.6 Å². The maximum Gasteiger partial charge on any atom is 0.261 e. The van der Waals surface area contributed by atoms with Crippen LogP contribution in [0.3, 0.4) is 0 Å². The van der Waals surface area contributed by atoms with Crippen molar-refractivity contribution in [1.29, 1.82) is 0 Å². The molecule has 3 N–H and O–H groups in total. The number of carbonyl (C=O) groups excluding carboxylic acids is 2. The van der Waals surface area contributed by atoms with Gasteiger partial charge in [0.25, 0.3) is 5.91 Å². The Morgan fingerprint density at radius 3 is 2.69 bits per heavy atom. The lowest BCUT2D eigenvalue weighted by Crippen LogP contribution is -2.49. The first-order chi connectivity index (χ1) is 16.6. The van der Waals surface area contributed by atoms with Crippen molar-refractivity contribution in [3.05, 3.63) is 92.7 Å². The van der Waals surface area contributed by atoms with E-state index in [0.29, 0.717) is 30.2 Å². The number of amides is 1. The average molecular weight is 510 g/mol. The molecule has 0 spiro atoms. The van der Waals surface area contributed by atoms with Gasteiger partial charge in [-0.15, -0.1) is 23.7 Å². The summed E-state index contributed by atoms with van der Waals surface area (Å²) in [5, 5.41) is 16.9. The summed E-state index contributed by atoms with van der Waals surface area (Å²) in [5.41, 5.74) is 4.90. The second-order valence-corrected chi connectivity index (χ2v) is 9.93. The van der Waals surface area contributed by atoms with Crippen LogP contribution in [0, 0.1) is 0 Å². The molecule has 1 amide bonds. The maximum absolute atomic E-state index is 12.9. The quantitative estimate of drug-likeness (QED) is 0.445. The van der Waals surface area contributed by atoms with Crippen LogP contribution in [-0.4, -0.2) is 47.1 Å². The zero-order valence-electron chi connectivity index (χ0n) is 19.2. The fraction of sp³-hybridized carbons (Fsp3) is 0.296. The number of fused-ring (bicyclic) bond motifs is 2. The van der Waals surface area contributed by atoms with Crippen molar-refractivity contribution in [3.8, 4) is 0 Å². The zero-order chi connectivity index (χ0) is 23.5. The Kier molecular flexibility index (Phi) is 8.06. The summed E-state index contributed by atoms with van der Waals surface area (Å²) in [4.78, 5) is 28.3. The minimum atomic E-state index is -0.696. The predicted octanol–water partition coefficient (Wildman–Crippen LogP) is 3.21. The van der Waals surface area contributed by atoms with Crippen molar-refractivity contribution >= 4 is 41.3 Å². The molecule has 6 nitrogen and oxygen atoms in total. The van der Waals surface area contributed by atoms with E-state index in [1.54, 1.807) is 6.07 Å². The lowest BCUT2D eigenvalue weighted by molar-refractivity contribution is 0.0873. The van der Waals surface area contributed by atoms with Gasteiger partial charge >= 0.3 is 0 Å². The molecule has 0 saturated carbocycles. The average Bonchev–Trinajstić information content (AvgIpc) is 3.32. The van der Waals surface area contributed by atoms with Gasteiger partial charge in [-0.3, -0.25) is 4.79 Å². The molecule has 2 aliphatic rings. The van der Waals surface area contributed by atoms with E-state index in [-0.39, 0.29) is 30.9 Å². The highest BCUT2D eigenvalue weighted by molar-refractivity contribution is 7.14. The molecule has 1 unspecified atom stereocenters. The van der Waals surface area contributed by atoms with E-state index in [1.807, 2.05) is 47.4 Å². The number of nitrogens with one attached hydrogen (secondary N) is 2. The fourth-order valence-corrected chi connectivity index (χ4v) is 5.77. The molecule has 35 heavy (non-hydrogen) atoms. The van der Waals surface area contributed by atoms with Crippen LogP contribution in [0.15, 0.2) is 60.7 Å². The Labute approximate surface area is 215 Å². The zero-order valence-corrected chi connectivity index (χ0v) is 20.8. The van der Waals surface area contributed by atoms with Gasteiger partial charge in [0.15, 0.2) is 5.94 Å². The summed E-state index contributed by atoms with van der Waals surface area (Å²) in [6.07, 6.45) is 0.809. The van der Waals surface area contributed by atoms with Gasteiger partial charge < -0.3 is 20.6 Å². The van der Waals surface area contributed by atoms with Crippen molar-refractivity contribution in [2.24, 2.45) is 0 Å². The summed E-state index contributed by atoms with van der Waals surface area (Å²) in [7, 11) is 0. The lowest BCUT2D eigenvalue weighted by atomic mass is 9.93. The third-order valence-corrected chi connectivity index (χ3v) is 7.77. The number of hydrogen-bond donors (Lipinski definition) is 3. The first kappa shape index (κ1) is 25.2. The molecule has 0 saturated heterocycles. The van der Waals surface area contributed by atoms with E-state index < -0.39 is 6.10 Å². The monoisotopic (exact) mass is 509 g/mol. The molecule has 0 bridgehead atoms. The van der Waals surface area contributed by atoms with Gasteiger partial charge in [-0.05, 0) is 29.2 Å². The highest BCUT2D eigenvalue weighted by atomic mass is 35.5. The first-order valence-electron chi connectivity index (χ1n) is 11.6. The van der Waals surface area contributed by atoms with Gasteiger partial charge in [0, 0.05) is 49.1 Å². The highest BCUT2D eigenvalue weighted by Crippen LogP contribution is 2.34. The normalized spacial score (nSPS) is 17.5. The van der Waals surface area contributed by atoms with Crippen LogP contribution in [0.1, 0.15) is 36.8 Å². The topological polar surface area (TPSA) is 81.7 Å². The Bertz CT molecular complexity index is 1240. The SMILES string of the molecule is Cl.O=C=C1c2cc(C(=O)NCC(O)[C@@H]3Cc4ccccc4CN3)sc2CCN1Cc1ccccc1. The first-order valence-corrected chi connectivity index (χ1v) is 12.4. The van der Waals surface area contributed by atoms with Crippen LogP contribution in [0.4, 0.5) is 0 Å². The molecule has 2 aromatic carbocycles. The summed E-state index contributed by atoms with van der Waals surface area (Å²) in [6.45, 7) is 2.22. The molecular formula is C27H28ClN3O3S. The summed E-state index contributed by atoms with van der Waals surface area (Å²) in [6, 6.07) is 19.9. The van der Waals surface area contributed by atoms with Crippen LogP contribution in [0.25, 0.3) is 5.70 Å². The van der Waals surface area contributed by atoms with E-state index in [4.69, 9.17) is 0 Å². The standard InChI is InChI=1S/C27H27N3O3S.ClH/c31-17-23-21-13-26(34-25(21)10-11-30(23)16-18-6-2-1-3-7-18)27(33)29-15-24(32)22-12-19-8-4-5-9-20(19)14-28-22;/h1-9,13,22,24,28,32H,10-12,14-16H2,(H,29,33);1H/t22-,24?;/m0./s1. The van der Waals surface area contributed by atoms with E-state index in [0.717, 1.165) is 28.8 Å². The molecule has 5 rings (SSSR count). The van der Waals surface area contributed by atoms with Gasteiger partial charge in [-0.1, -0.05) is 54.6 Å². The Hall–Kier alpha value is -2.93. The maximum atomic E-state index is 12.9. The van der Waals surface area contributed by atoms with Gasteiger partial charge in [0.1, 0.15) is 5.70 Å². The fourth-order valence-electron chi connectivity index (χ4n) is 4.70. The number of benzene rings is 2.